The number of hydrogen-bond donors (Lipinski definition) is 0. The van der Waals surface area contributed by atoms with Gasteiger partial charge in [-0.3, -0.25) is 0 Å². The van der Waals surface area contributed by atoms with Gasteiger partial charge in [-0.2, -0.15) is 4.31 Å². The van der Waals surface area contributed by atoms with Crippen LogP contribution in [0.1, 0.15) is 18.1 Å². The molecule has 2 aromatic heterocycles. The molecule has 0 radical (unpaired) electrons. The zero-order valence-electron chi connectivity index (χ0n) is 11.4. The van der Waals surface area contributed by atoms with Crippen molar-refractivity contribution in [3.63, 3.8) is 0 Å². The number of hydrogen-bond acceptors (Lipinski definition) is 5. The summed E-state index contributed by atoms with van der Waals surface area (Å²) in [6, 6.07) is 2.90. The molecule has 0 spiro atoms. The van der Waals surface area contributed by atoms with Crippen LogP contribution < -0.4 is 0 Å². The van der Waals surface area contributed by atoms with E-state index < -0.39 is 10.0 Å². The number of sulfonamides is 1. The van der Waals surface area contributed by atoms with Gasteiger partial charge in [-0.1, -0.05) is 11.6 Å². The fraction of sp³-hybridized carbons (Fsp3) is 0.417. The van der Waals surface area contributed by atoms with Crippen LogP contribution in [0.4, 0.5) is 0 Å². The van der Waals surface area contributed by atoms with E-state index in [-0.39, 0.29) is 16.6 Å². The van der Waals surface area contributed by atoms with Crippen molar-refractivity contribution in [1.29, 1.82) is 0 Å². The van der Waals surface area contributed by atoms with Crippen LogP contribution in [0.3, 0.4) is 0 Å². The Morgan fingerprint density at radius 2 is 2.19 bits per heavy atom. The minimum atomic E-state index is -3.62. The van der Waals surface area contributed by atoms with Gasteiger partial charge >= 0.3 is 0 Å². The Labute approximate surface area is 127 Å². The second kappa shape index (κ2) is 5.36. The molecule has 0 saturated carbocycles. The van der Waals surface area contributed by atoms with E-state index in [0.717, 1.165) is 25.2 Å². The molecule has 0 N–H and O–H groups in total. The number of aryl methyl sites for hydroxylation is 1. The zero-order valence-corrected chi connectivity index (χ0v) is 13.0. The minimum absolute atomic E-state index is 0.107. The van der Waals surface area contributed by atoms with Crippen molar-refractivity contribution in [1.82, 2.24) is 24.1 Å². The molecule has 9 heteroatoms. The fourth-order valence-corrected chi connectivity index (χ4v) is 3.49. The summed E-state index contributed by atoms with van der Waals surface area (Å²) in [6.45, 7) is 1.02. The van der Waals surface area contributed by atoms with Gasteiger partial charge in [0.1, 0.15) is 21.7 Å². The van der Waals surface area contributed by atoms with E-state index in [1.807, 2.05) is 4.57 Å². The number of halogens is 1. The van der Waals surface area contributed by atoms with Gasteiger partial charge in [-0.05, 0) is 18.6 Å². The summed E-state index contributed by atoms with van der Waals surface area (Å²) >= 11 is 5.68. The first-order valence-electron chi connectivity index (χ1n) is 6.47. The average molecular weight is 328 g/mol. The molecule has 0 fully saturated rings. The third kappa shape index (κ3) is 2.66. The molecular weight excluding hydrogens is 314 g/mol. The number of fused-ring (bicyclic) bond motifs is 1. The van der Waals surface area contributed by atoms with Gasteiger partial charge in [0.25, 0.3) is 0 Å². The lowest BCUT2D eigenvalue weighted by atomic mass is 10.4. The largest absolute Gasteiger partial charge is 0.314 e. The van der Waals surface area contributed by atoms with E-state index in [4.69, 9.17) is 11.6 Å². The van der Waals surface area contributed by atoms with Gasteiger partial charge in [0, 0.05) is 26.2 Å². The molecule has 3 heterocycles. The Bertz CT molecular complexity index is 756. The van der Waals surface area contributed by atoms with E-state index in [2.05, 4.69) is 15.2 Å². The number of nitrogens with zero attached hydrogens (tertiary/aromatic N) is 5. The zero-order chi connectivity index (χ0) is 15.0. The Morgan fingerprint density at radius 3 is 2.90 bits per heavy atom. The predicted octanol–water partition coefficient (Wildman–Crippen LogP) is 1.09. The van der Waals surface area contributed by atoms with Crippen molar-refractivity contribution in [3.8, 4) is 0 Å². The van der Waals surface area contributed by atoms with E-state index in [1.54, 1.807) is 0 Å². The van der Waals surface area contributed by atoms with E-state index in [9.17, 15) is 8.42 Å². The lowest BCUT2D eigenvalue weighted by Gasteiger charge is -2.16. The first kappa shape index (κ1) is 14.4. The molecule has 0 unspecified atom stereocenters. The Kier molecular flexibility index (Phi) is 3.68. The monoisotopic (exact) mass is 327 g/mol. The highest BCUT2D eigenvalue weighted by Crippen LogP contribution is 2.19. The molecular formula is C12H14ClN5O2S. The van der Waals surface area contributed by atoms with Gasteiger partial charge in [0.2, 0.25) is 10.0 Å². The van der Waals surface area contributed by atoms with Gasteiger partial charge in [0.05, 0.1) is 6.54 Å². The van der Waals surface area contributed by atoms with Crippen LogP contribution in [-0.4, -0.2) is 39.5 Å². The second-order valence-electron chi connectivity index (χ2n) is 4.87. The molecule has 2 aromatic rings. The molecule has 7 nitrogen and oxygen atoms in total. The van der Waals surface area contributed by atoms with Crippen molar-refractivity contribution in [2.75, 3.05) is 7.05 Å². The molecule has 112 valence electrons. The highest BCUT2D eigenvalue weighted by Gasteiger charge is 2.25. The summed E-state index contributed by atoms with van der Waals surface area (Å²) in [5.41, 5.74) is 0. The topological polar surface area (TPSA) is 81.0 Å². The van der Waals surface area contributed by atoms with Crippen molar-refractivity contribution in [2.45, 2.75) is 30.8 Å². The third-order valence-electron chi connectivity index (χ3n) is 3.46. The lowest BCUT2D eigenvalue weighted by Crippen LogP contribution is -2.28. The summed E-state index contributed by atoms with van der Waals surface area (Å²) in [6.07, 6.45) is 3.17. The van der Waals surface area contributed by atoms with E-state index >= 15 is 0 Å². The first-order chi connectivity index (χ1) is 9.98. The van der Waals surface area contributed by atoms with Crippen LogP contribution in [0, 0.1) is 0 Å². The van der Waals surface area contributed by atoms with Crippen molar-refractivity contribution in [3.05, 3.63) is 35.1 Å². The predicted molar refractivity (Wildman–Crippen MR) is 76.2 cm³/mol. The normalized spacial score (nSPS) is 14.6. The van der Waals surface area contributed by atoms with E-state index in [1.165, 1.54) is 29.7 Å². The van der Waals surface area contributed by atoms with E-state index in [0.29, 0.717) is 5.82 Å². The summed E-state index contributed by atoms with van der Waals surface area (Å²) in [7, 11) is -2.10. The lowest BCUT2D eigenvalue weighted by molar-refractivity contribution is 0.446. The van der Waals surface area contributed by atoms with Crippen LogP contribution in [-0.2, 0) is 29.5 Å². The van der Waals surface area contributed by atoms with Crippen molar-refractivity contribution in [2.24, 2.45) is 0 Å². The van der Waals surface area contributed by atoms with Crippen LogP contribution in [0.2, 0.25) is 5.15 Å². The third-order valence-corrected chi connectivity index (χ3v) is 5.47. The Morgan fingerprint density at radius 1 is 1.38 bits per heavy atom. The number of rotatable bonds is 4. The SMILES string of the molecule is CN(Cc1nnc2n1CCC2)S(=O)(=O)c1ccc(Cl)nc1. The Balaban J connectivity index is 1.84. The molecule has 0 aliphatic carbocycles. The van der Waals surface area contributed by atoms with Crippen LogP contribution >= 0.6 is 11.6 Å². The molecule has 1 aliphatic heterocycles. The first-order valence-corrected chi connectivity index (χ1v) is 8.29. The molecule has 0 bridgehead atoms. The van der Waals surface area contributed by atoms with Crippen LogP contribution in [0.5, 0.6) is 0 Å². The van der Waals surface area contributed by atoms with Crippen LogP contribution in [0.15, 0.2) is 23.2 Å². The number of pyridine rings is 1. The smallest absolute Gasteiger partial charge is 0.244 e. The van der Waals surface area contributed by atoms with Crippen molar-refractivity contribution < 1.29 is 8.42 Å². The summed E-state index contributed by atoms with van der Waals surface area (Å²) in [4.78, 5) is 3.92. The van der Waals surface area contributed by atoms with Crippen molar-refractivity contribution >= 4 is 21.6 Å². The molecule has 1 aliphatic rings. The highest BCUT2D eigenvalue weighted by atomic mass is 35.5. The maximum Gasteiger partial charge on any atom is 0.244 e. The fourth-order valence-electron chi connectivity index (χ4n) is 2.31. The molecule has 3 rings (SSSR count). The average Bonchev–Trinajstić information content (AvgIpc) is 3.04. The summed E-state index contributed by atoms with van der Waals surface area (Å²) in [5.74, 6) is 1.58. The molecule has 0 amide bonds. The maximum absolute atomic E-state index is 12.5. The molecule has 21 heavy (non-hydrogen) atoms. The van der Waals surface area contributed by atoms with Crippen LogP contribution in [0.25, 0.3) is 0 Å². The minimum Gasteiger partial charge on any atom is -0.314 e. The highest BCUT2D eigenvalue weighted by molar-refractivity contribution is 7.89. The van der Waals surface area contributed by atoms with Gasteiger partial charge < -0.3 is 4.57 Å². The molecule has 0 aromatic carbocycles. The quantitative estimate of drug-likeness (QED) is 0.785. The summed E-state index contributed by atoms with van der Waals surface area (Å²) < 4.78 is 28.1. The molecule has 0 saturated heterocycles. The standard InChI is InChI=1S/C12H14ClN5O2S/c1-17(8-12-16-15-11-3-2-6-18(11)12)21(19,20)9-4-5-10(13)14-7-9/h4-5,7H,2-3,6,8H2,1H3. The molecule has 0 atom stereocenters. The maximum atomic E-state index is 12.5. The Hall–Kier alpha value is -1.51. The van der Waals surface area contributed by atoms with Gasteiger partial charge in [-0.25, -0.2) is 13.4 Å². The van der Waals surface area contributed by atoms with Gasteiger partial charge in [0.15, 0.2) is 0 Å². The number of aromatic nitrogens is 4. The van der Waals surface area contributed by atoms with Gasteiger partial charge in [-0.15, -0.1) is 10.2 Å². The second-order valence-corrected chi connectivity index (χ2v) is 7.30. The summed E-state index contributed by atoms with van der Waals surface area (Å²) in [5, 5.41) is 8.40.